The average Bonchev–Trinajstić information content (AvgIpc) is 3.24. The van der Waals surface area contributed by atoms with Crippen LogP contribution >= 0.6 is 0 Å². The second kappa shape index (κ2) is 10.2. The van der Waals surface area contributed by atoms with Crippen molar-refractivity contribution in [3.63, 3.8) is 0 Å². The summed E-state index contributed by atoms with van der Waals surface area (Å²) in [4.78, 5) is 35.8. The minimum absolute atomic E-state index is 0.224. The van der Waals surface area contributed by atoms with E-state index in [1.54, 1.807) is 20.0 Å². The molecule has 7 heteroatoms. The van der Waals surface area contributed by atoms with Crippen molar-refractivity contribution in [3.05, 3.63) is 93.3 Å². The van der Waals surface area contributed by atoms with Gasteiger partial charge in [0, 0.05) is 30.1 Å². The molecule has 0 fully saturated rings. The Hall–Kier alpha value is -4.26. The maximum absolute atomic E-state index is 13.1. The second-order valence-corrected chi connectivity index (χ2v) is 9.67. The number of rotatable bonds is 7. The molecule has 0 N–H and O–H groups in total. The summed E-state index contributed by atoms with van der Waals surface area (Å²) in [5, 5.41) is 1.29. The topological polar surface area (TPSA) is 79.0 Å². The number of carbonyl (C=O) groups excluding carboxylic acids is 1. The number of pyridine rings is 2. The van der Waals surface area contributed by atoms with Crippen LogP contribution in [-0.2, 0) is 24.8 Å². The molecule has 3 aromatic heterocycles. The van der Waals surface area contributed by atoms with Crippen LogP contribution in [0, 0.1) is 13.8 Å². The van der Waals surface area contributed by atoms with Crippen LogP contribution < -0.4 is 5.56 Å². The first-order chi connectivity index (χ1) is 18.3. The molecule has 0 bridgehead atoms. The van der Waals surface area contributed by atoms with Crippen LogP contribution in [0.5, 0.6) is 0 Å². The summed E-state index contributed by atoms with van der Waals surface area (Å²) in [6.45, 7) is 8.87. The molecule has 7 nitrogen and oxygen atoms in total. The lowest BCUT2D eigenvalue weighted by molar-refractivity contribution is 0.0515. The third-order valence-corrected chi connectivity index (χ3v) is 6.93. The first-order valence-electron chi connectivity index (χ1n) is 13.1. The predicted molar refractivity (Wildman–Crippen MR) is 151 cm³/mol. The van der Waals surface area contributed by atoms with Crippen molar-refractivity contribution in [1.29, 1.82) is 0 Å². The molecular formula is C31H32N4O3. The van der Waals surface area contributed by atoms with E-state index in [1.807, 2.05) is 37.3 Å². The lowest BCUT2D eigenvalue weighted by atomic mass is 9.96. The standard InChI is InChI=1S/C31H32N4O3/c1-6-10-25-33-27-19(3)17-20(4)32-29(27)35(25)18-21-13-15-22(16-14-21)26-23-11-8-9-12-24(23)30(36)34(5)28(26)31(37)38-7-2/h8-9,11-17H,6-7,10,18H2,1-5H3. The smallest absolute Gasteiger partial charge is 0.355 e. The molecule has 0 amide bonds. The fourth-order valence-corrected chi connectivity index (χ4v) is 5.18. The van der Waals surface area contributed by atoms with E-state index in [-0.39, 0.29) is 17.9 Å². The summed E-state index contributed by atoms with van der Waals surface area (Å²) in [6, 6.07) is 17.6. The Morgan fingerprint density at radius 2 is 1.68 bits per heavy atom. The number of carbonyl (C=O) groups is 1. The molecule has 0 spiro atoms. The van der Waals surface area contributed by atoms with Crippen LogP contribution in [0.3, 0.4) is 0 Å². The van der Waals surface area contributed by atoms with Gasteiger partial charge < -0.3 is 13.9 Å². The molecule has 5 rings (SSSR count). The molecule has 0 aliphatic heterocycles. The van der Waals surface area contributed by atoms with Crippen LogP contribution in [0.15, 0.2) is 59.4 Å². The highest BCUT2D eigenvalue weighted by atomic mass is 16.5. The van der Waals surface area contributed by atoms with E-state index >= 15 is 0 Å². The van der Waals surface area contributed by atoms with Gasteiger partial charge in [-0.1, -0.05) is 49.4 Å². The fraction of sp³-hybridized carbons (Fsp3) is 0.290. The van der Waals surface area contributed by atoms with Gasteiger partial charge >= 0.3 is 5.97 Å². The Morgan fingerprint density at radius 1 is 0.974 bits per heavy atom. The van der Waals surface area contributed by atoms with E-state index in [0.29, 0.717) is 17.5 Å². The van der Waals surface area contributed by atoms with Crippen LogP contribution in [0.25, 0.3) is 33.1 Å². The zero-order valence-corrected chi connectivity index (χ0v) is 22.5. The van der Waals surface area contributed by atoms with Gasteiger partial charge in [0.25, 0.3) is 5.56 Å². The van der Waals surface area contributed by atoms with Gasteiger partial charge in [-0.2, -0.15) is 0 Å². The lowest BCUT2D eigenvalue weighted by Gasteiger charge is -2.17. The molecule has 0 atom stereocenters. The van der Waals surface area contributed by atoms with Gasteiger partial charge in [0.1, 0.15) is 17.0 Å². The molecule has 0 radical (unpaired) electrons. The van der Waals surface area contributed by atoms with Crippen molar-refractivity contribution in [2.45, 2.75) is 47.1 Å². The third-order valence-electron chi connectivity index (χ3n) is 6.93. The van der Waals surface area contributed by atoms with Crippen molar-refractivity contribution in [1.82, 2.24) is 19.1 Å². The van der Waals surface area contributed by atoms with Crippen molar-refractivity contribution < 1.29 is 9.53 Å². The van der Waals surface area contributed by atoms with Crippen molar-refractivity contribution in [2.24, 2.45) is 7.05 Å². The van der Waals surface area contributed by atoms with E-state index in [0.717, 1.165) is 57.6 Å². The molecule has 0 aliphatic rings. The van der Waals surface area contributed by atoms with Crippen molar-refractivity contribution >= 4 is 27.9 Å². The van der Waals surface area contributed by atoms with Gasteiger partial charge in [-0.3, -0.25) is 4.79 Å². The maximum atomic E-state index is 13.1. The minimum atomic E-state index is -0.511. The van der Waals surface area contributed by atoms with E-state index < -0.39 is 5.97 Å². The summed E-state index contributed by atoms with van der Waals surface area (Å²) < 4.78 is 8.95. The molecule has 5 aromatic rings. The highest BCUT2D eigenvalue weighted by Gasteiger charge is 2.23. The zero-order chi connectivity index (χ0) is 27.0. The summed E-state index contributed by atoms with van der Waals surface area (Å²) in [5.41, 5.74) is 6.63. The number of benzene rings is 2. The number of aryl methyl sites for hydroxylation is 3. The maximum Gasteiger partial charge on any atom is 0.355 e. The average molecular weight is 509 g/mol. The Labute approximate surface area is 221 Å². The molecule has 38 heavy (non-hydrogen) atoms. The number of hydrogen-bond donors (Lipinski definition) is 0. The first kappa shape index (κ1) is 25.4. The van der Waals surface area contributed by atoms with E-state index in [9.17, 15) is 9.59 Å². The second-order valence-electron chi connectivity index (χ2n) is 9.67. The number of aromatic nitrogens is 4. The zero-order valence-electron chi connectivity index (χ0n) is 22.5. The Bertz CT molecular complexity index is 1730. The first-order valence-corrected chi connectivity index (χ1v) is 13.1. The lowest BCUT2D eigenvalue weighted by Crippen LogP contribution is -2.26. The minimum Gasteiger partial charge on any atom is -0.461 e. The van der Waals surface area contributed by atoms with Crippen LogP contribution in [0.2, 0.25) is 0 Å². The normalized spacial score (nSPS) is 11.4. The summed E-state index contributed by atoms with van der Waals surface area (Å²) in [6.07, 6.45) is 1.87. The number of ether oxygens (including phenoxy) is 1. The molecule has 194 valence electrons. The molecule has 0 aliphatic carbocycles. The van der Waals surface area contributed by atoms with Gasteiger partial charge in [0.2, 0.25) is 0 Å². The number of fused-ring (bicyclic) bond motifs is 2. The quantitative estimate of drug-likeness (QED) is 0.262. The molecule has 0 saturated heterocycles. The summed E-state index contributed by atoms with van der Waals surface area (Å²) in [7, 11) is 1.62. The van der Waals surface area contributed by atoms with Gasteiger partial charge in [0.05, 0.1) is 13.2 Å². The highest BCUT2D eigenvalue weighted by Crippen LogP contribution is 2.32. The van der Waals surface area contributed by atoms with Gasteiger partial charge in [-0.25, -0.2) is 14.8 Å². The van der Waals surface area contributed by atoms with Crippen LogP contribution in [0.1, 0.15) is 53.4 Å². The summed E-state index contributed by atoms with van der Waals surface area (Å²) >= 11 is 0. The Balaban J connectivity index is 1.62. The Morgan fingerprint density at radius 3 is 2.37 bits per heavy atom. The molecule has 0 saturated carbocycles. The Kier molecular flexibility index (Phi) is 6.85. The number of nitrogens with zero attached hydrogens (tertiary/aromatic N) is 4. The van der Waals surface area contributed by atoms with Crippen molar-refractivity contribution in [3.8, 4) is 11.1 Å². The molecule has 3 heterocycles. The largest absolute Gasteiger partial charge is 0.461 e. The van der Waals surface area contributed by atoms with Crippen LogP contribution in [0.4, 0.5) is 0 Å². The third kappa shape index (κ3) is 4.38. The highest BCUT2D eigenvalue weighted by molar-refractivity contribution is 6.06. The number of hydrogen-bond acceptors (Lipinski definition) is 5. The fourth-order valence-electron chi connectivity index (χ4n) is 5.18. The monoisotopic (exact) mass is 508 g/mol. The molecular weight excluding hydrogens is 476 g/mol. The van der Waals surface area contributed by atoms with Gasteiger partial charge in [0.15, 0.2) is 5.65 Å². The molecule has 2 aromatic carbocycles. The van der Waals surface area contributed by atoms with E-state index in [4.69, 9.17) is 14.7 Å². The van der Waals surface area contributed by atoms with Crippen molar-refractivity contribution in [2.75, 3.05) is 6.61 Å². The predicted octanol–water partition coefficient (Wildman–Crippen LogP) is 5.74. The SMILES string of the molecule is CCCc1nc2c(C)cc(C)nc2n1Cc1ccc(-c2c(C(=O)OCC)n(C)c(=O)c3ccccc23)cc1. The van der Waals surface area contributed by atoms with Gasteiger partial charge in [-0.05, 0) is 61.4 Å². The van der Waals surface area contributed by atoms with Gasteiger partial charge in [-0.15, -0.1) is 0 Å². The summed E-state index contributed by atoms with van der Waals surface area (Å²) in [5.74, 6) is 0.518. The van der Waals surface area contributed by atoms with E-state index in [1.165, 1.54) is 4.57 Å². The van der Waals surface area contributed by atoms with Crippen LogP contribution in [-0.4, -0.2) is 31.7 Å². The number of imidazole rings is 1. The molecule has 0 unspecified atom stereocenters. The number of esters is 1. The van der Waals surface area contributed by atoms with E-state index in [2.05, 4.69) is 36.6 Å².